The lowest BCUT2D eigenvalue weighted by Gasteiger charge is -2.39. The number of thiol groups is 1. The van der Waals surface area contributed by atoms with Crippen molar-refractivity contribution in [3.63, 3.8) is 0 Å². The summed E-state index contributed by atoms with van der Waals surface area (Å²) < 4.78 is 0. The minimum atomic E-state index is 0.502. The zero-order valence-corrected chi connectivity index (χ0v) is 11.4. The fourth-order valence-electron chi connectivity index (χ4n) is 3.35. The summed E-state index contributed by atoms with van der Waals surface area (Å²) in [5.74, 6) is 1.59. The molecular weight excluding hydrogens is 212 g/mol. The lowest BCUT2D eigenvalue weighted by Crippen LogP contribution is -2.26. The maximum atomic E-state index is 4.35. The summed E-state index contributed by atoms with van der Waals surface area (Å²) >= 11 is 4.35. The van der Waals surface area contributed by atoms with Crippen LogP contribution in [0.25, 0.3) is 0 Å². The van der Waals surface area contributed by atoms with Gasteiger partial charge in [-0.2, -0.15) is 0 Å². The van der Waals surface area contributed by atoms with Crippen LogP contribution in [0.5, 0.6) is 0 Å². The van der Waals surface area contributed by atoms with Crippen LogP contribution in [0.4, 0.5) is 0 Å². The fraction of sp³-hybridized carbons (Fsp3) is 0.600. The molecule has 0 heterocycles. The molecule has 88 valence electrons. The Morgan fingerprint density at radius 3 is 2.31 bits per heavy atom. The summed E-state index contributed by atoms with van der Waals surface area (Å²) in [6, 6.07) is 8.73. The highest BCUT2D eigenvalue weighted by atomic mass is 32.1. The van der Waals surface area contributed by atoms with Crippen LogP contribution in [0, 0.1) is 11.3 Å². The molecular formula is C15H22S. The Labute approximate surface area is 105 Å². The summed E-state index contributed by atoms with van der Waals surface area (Å²) in [4.78, 5) is 1.06. The van der Waals surface area contributed by atoms with Crippen molar-refractivity contribution in [3.05, 3.63) is 29.8 Å². The summed E-state index contributed by atoms with van der Waals surface area (Å²) in [6.45, 7) is 7.20. The maximum absolute atomic E-state index is 4.35. The maximum Gasteiger partial charge on any atom is 0.00401 e. The van der Waals surface area contributed by atoms with Gasteiger partial charge in [-0.3, -0.25) is 0 Å². The predicted octanol–water partition coefficient (Wildman–Crippen LogP) is 4.91. The van der Waals surface area contributed by atoms with Crippen molar-refractivity contribution < 1.29 is 0 Å². The Morgan fingerprint density at radius 1 is 1.12 bits per heavy atom. The van der Waals surface area contributed by atoms with Gasteiger partial charge in [-0.15, -0.1) is 12.6 Å². The highest BCUT2D eigenvalue weighted by molar-refractivity contribution is 7.80. The van der Waals surface area contributed by atoms with E-state index in [-0.39, 0.29) is 0 Å². The molecule has 0 N–H and O–H groups in total. The van der Waals surface area contributed by atoms with Crippen molar-refractivity contribution in [1.82, 2.24) is 0 Å². The molecule has 0 spiro atoms. The van der Waals surface area contributed by atoms with E-state index in [1.165, 1.54) is 24.8 Å². The monoisotopic (exact) mass is 234 g/mol. The van der Waals surface area contributed by atoms with E-state index in [9.17, 15) is 0 Å². The van der Waals surface area contributed by atoms with E-state index in [0.717, 1.165) is 16.7 Å². The van der Waals surface area contributed by atoms with Gasteiger partial charge in [-0.05, 0) is 54.2 Å². The van der Waals surface area contributed by atoms with Crippen LogP contribution in [0.3, 0.4) is 0 Å². The molecule has 2 rings (SSSR count). The van der Waals surface area contributed by atoms with Gasteiger partial charge in [0.2, 0.25) is 0 Å². The van der Waals surface area contributed by atoms with E-state index in [2.05, 4.69) is 57.7 Å². The first-order chi connectivity index (χ1) is 7.46. The Kier molecular flexibility index (Phi) is 3.34. The first kappa shape index (κ1) is 12.0. The Bertz CT molecular complexity index is 350. The Morgan fingerprint density at radius 2 is 1.75 bits per heavy atom. The second kappa shape index (κ2) is 4.44. The third kappa shape index (κ3) is 2.82. The molecule has 2 unspecified atom stereocenters. The SMILES string of the molecule is CC1CC(c2ccc(S)cc2)CC(C)(C)C1. The third-order valence-electron chi connectivity index (χ3n) is 3.75. The van der Waals surface area contributed by atoms with E-state index in [4.69, 9.17) is 0 Å². The highest BCUT2D eigenvalue weighted by Gasteiger charge is 2.32. The third-order valence-corrected chi connectivity index (χ3v) is 4.05. The molecule has 0 aliphatic heterocycles. The van der Waals surface area contributed by atoms with E-state index in [0.29, 0.717) is 5.41 Å². The standard InChI is InChI=1S/C15H22S/c1-11-8-13(10-15(2,3)9-11)12-4-6-14(16)7-5-12/h4-7,11,13,16H,8-10H2,1-3H3. The second-order valence-corrected chi connectivity index (χ2v) is 6.72. The molecule has 1 aliphatic carbocycles. The molecule has 1 aromatic rings. The molecule has 0 bridgehead atoms. The van der Waals surface area contributed by atoms with Crippen LogP contribution in [0.1, 0.15) is 51.5 Å². The van der Waals surface area contributed by atoms with Crippen LogP contribution in [0.2, 0.25) is 0 Å². The van der Waals surface area contributed by atoms with E-state index in [1.807, 2.05) is 0 Å². The van der Waals surface area contributed by atoms with Gasteiger partial charge in [0, 0.05) is 4.90 Å². The van der Waals surface area contributed by atoms with Crippen LogP contribution in [-0.4, -0.2) is 0 Å². The normalized spacial score (nSPS) is 29.0. The number of hydrogen-bond donors (Lipinski definition) is 1. The molecule has 0 aromatic heterocycles. The first-order valence-corrected chi connectivity index (χ1v) is 6.70. The quantitative estimate of drug-likeness (QED) is 0.656. The molecule has 0 saturated heterocycles. The van der Waals surface area contributed by atoms with Gasteiger partial charge >= 0.3 is 0 Å². The summed E-state index contributed by atoms with van der Waals surface area (Å²) in [6.07, 6.45) is 4.03. The lowest BCUT2D eigenvalue weighted by molar-refractivity contribution is 0.168. The van der Waals surface area contributed by atoms with Crippen LogP contribution in [0.15, 0.2) is 29.2 Å². The van der Waals surface area contributed by atoms with Gasteiger partial charge in [-0.25, -0.2) is 0 Å². The van der Waals surface area contributed by atoms with Crippen molar-refractivity contribution in [1.29, 1.82) is 0 Å². The number of benzene rings is 1. The van der Waals surface area contributed by atoms with Crippen molar-refractivity contribution in [2.75, 3.05) is 0 Å². The highest BCUT2D eigenvalue weighted by Crippen LogP contribution is 2.45. The Hall–Kier alpha value is -0.430. The second-order valence-electron chi connectivity index (χ2n) is 6.20. The van der Waals surface area contributed by atoms with Gasteiger partial charge in [0.25, 0.3) is 0 Å². The molecule has 16 heavy (non-hydrogen) atoms. The van der Waals surface area contributed by atoms with Crippen molar-refractivity contribution >= 4 is 12.6 Å². The van der Waals surface area contributed by atoms with Crippen molar-refractivity contribution in [2.45, 2.75) is 50.8 Å². The van der Waals surface area contributed by atoms with Crippen molar-refractivity contribution in [3.8, 4) is 0 Å². The minimum absolute atomic E-state index is 0.502. The first-order valence-electron chi connectivity index (χ1n) is 6.25. The summed E-state index contributed by atoms with van der Waals surface area (Å²) in [7, 11) is 0. The predicted molar refractivity (Wildman–Crippen MR) is 73.2 cm³/mol. The topological polar surface area (TPSA) is 0 Å². The largest absolute Gasteiger partial charge is 0.143 e. The molecule has 1 saturated carbocycles. The minimum Gasteiger partial charge on any atom is -0.143 e. The number of rotatable bonds is 1. The zero-order valence-electron chi connectivity index (χ0n) is 10.5. The number of hydrogen-bond acceptors (Lipinski definition) is 1. The van der Waals surface area contributed by atoms with Gasteiger partial charge < -0.3 is 0 Å². The van der Waals surface area contributed by atoms with Gasteiger partial charge in [0.1, 0.15) is 0 Å². The van der Waals surface area contributed by atoms with E-state index in [1.54, 1.807) is 0 Å². The van der Waals surface area contributed by atoms with Crippen LogP contribution in [-0.2, 0) is 0 Å². The Balaban J connectivity index is 2.17. The van der Waals surface area contributed by atoms with Gasteiger partial charge in [-0.1, -0.05) is 32.9 Å². The van der Waals surface area contributed by atoms with Gasteiger partial charge in [0.15, 0.2) is 0 Å². The molecule has 1 heteroatoms. The van der Waals surface area contributed by atoms with Crippen molar-refractivity contribution in [2.24, 2.45) is 11.3 Å². The van der Waals surface area contributed by atoms with Crippen LogP contribution >= 0.6 is 12.6 Å². The summed E-state index contributed by atoms with van der Waals surface area (Å²) in [5.41, 5.74) is 2.00. The molecule has 0 nitrogen and oxygen atoms in total. The molecule has 1 fully saturated rings. The average molecular weight is 234 g/mol. The van der Waals surface area contributed by atoms with Gasteiger partial charge in [0.05, 0.1) is 0 Å². The smallest absolute Gasteiger partial charge is 0.00401 e. The lowest BCUT2D eigenvalue weighted by atomic mass is 9.66. The fourth-order valence-corrected chi connectivity index (χ4v) is 3.50. The average Bonchev–Trinajstić information content (AvgIpc) is 2.15. The molecule has 1 aromatic carbocycles. The van der Waals surface area contributed by atoms with Crippen LogP contribution < -0.4 is 0 Å². The zero-order chi connectivity index (χ0) is 11.8. The van der Waals surface area contributed by atoms with E-state index >= 15 is 0 Å². The van der Waals surface area contributed by atoms with E-state index < -0.39 is 0 Å². The molecule has 1 aliphatic rings. The molecule has 0 amide bonds. The summed E-state index contributed by atoms with van der Waals surface area (Å²) in [5, 5.41) is 0. The molecule has 2 atom stereocenters. The molecule has 0 radical (unpaired) electrons.